The van der Waals surface area contributed by atoms with Gasteiger partial charge in [-0.3, -0.25) is 4.90 Å². The number of hydrogen-bond acceptors (Lipinski definition) is 3. The van der Waals surface area contributed by atoms with Crippen LogP contribution in [-0.4, -0.2) is 49.3 Å². The zero-order valence-corrected chi connectivity index (χ0v) is 10.6. The van der Waals surface area contributed by atoms with Gasteiger partial charge in [0.15, 0.2) is 0 Å². The van der Waals surface area contributed by atoms with Crippen LogP contribution in [0.1, 0.15) is 20.3 Å². The van der Waals surface area contributed by atoms with Crippen molar-refractivity contribution in [3.05, 3.63) is 0 Å². The second-order valence-corrected chi connectivity index (χ2v) is 4.49. The third kappa shape index (κ3) is 4.91. The number of nitrogens with zero attached hydrogens (tertiary/aromatic N) is 1. The molecule has 1 N–H and O–H groups in total. The predicted molar refractivity (Wildman–Crippen MR) is 67.3 cm³/mol. The van der Waals surface area contributed by atoms with E-state index >= 15 is 0 Å². The normalized spacial score (nSPS) is 19.9. The van der Waals surface area contributed by atoms with E-state index in [0.29, 0.717) is 5.92 Å². The molecule has 0 spiro atoms. The molecule has 0 aromatic heterocycles. The fourth-order valence-corrected chi connectivity index (χ4v) is 1.79. The monoisotopic (exact) mass is 230 g/mol. The number of hydrogen-bond donors (Lipinski definition) is 1. The van der Waals surface area contributed by atoms with Crippen LogP contribution in [0.2, 0.25) is 0 Å². The van der Waals surface area contributed by atoms with E-state index in [4.69, 9.17) is 17.0 Å². The van der Waals surface area contributed by atoms with Gasteiger partial charge in [0, 0.05) is 32.1 Å². The van der Waals surface area contributed by atoms with Crippen molar-refractivity contribution in [3.63, 3.8) is 0 Å². The van der Waals surface area contributed by atoms with Crippen molar-refractivity contribution < 1.29 is 4.74 Å². The zero-order chi connectivity index (χ0) is 11.1. The topological polar surface area (TPSA) is 24.5 Å². The molecular formula is C11H22N2OS. The summed E-state index contributed by atoms with van der Waals surface area (Å²) in [6.07, 6.45) is 1.11. The summed E-state index contributed by atoms with van der Waals surface area (Å²) < 4.78 is 5.29. The summed E-state index contributed by atoms with van der Waals surface area (Å²) in [6, 6.07) is 0. The van der Waals surface area contributed by atoms with Crippen molar-refractivity contribution in [3.8, 4) is 0 Å². The Hall–Kier alpha value is -0.190. The zero-order valence-electron chi connectivity index (χ0n) is 9.79. The second kappa shape index (κ2) is 7.14. The number of morpholine rings is 1. The van der Waals surface area contributed by atoms with Gasteiger partial charge in [-0.25, -0.2) is 0 Å². The standard InChI is InChI=1S/C11H22N2OS/c1-3-10(2)11(15)12-4-5-13-6-8-14-9-7-13/h10H,3-9H2,1-2H3,(H,12,15). The molecule has 0 bridgehead atoms. The molecular weight excluding hydrogens is 208 g/mol. The third-order valence-electron chi connectivity index (χ3n) is 2.89. The lowest BCUT2D eigenvalue weighted by Gasteiger charge is -2.27. The van der Waals surface area contributed by atoms with E-state index in [2.05, 4.69) is 24.1 Å². The van der Waals surface area contributed by atoms with Crippen LogP contribution in [0.25, 0.3) is 0 Å². The van der Waals surface area contributed by atoms with Crippen molar-refractivity contribution in [2.75, 3.05) is 39.4 Å². The lowest BCUT2D eigenvalue weighted by atomic mass is 10.1. The van der Waals surface area contributed by atoms with Crippen LogP contribution in [0, 0.1) is 5.92 Å². The van der Waals surface area contributed by atoms with Crippen molar-refractivity contribution >= 4 is 17.2 Å². The molecule has 0 radical (unpaired) electrons. The summed E-state index contributed by atoms with van der Waals surface area (Å²) in [6.45, 7) is 10.2. The summed E-state index contributed by atoms with van der Waals surface area (Å²) in [5.41, 5.74) is 0. The third-order valence-corrected chi connectivity index (χ3v) is 3.44. The van der Waals surface area contributed by atoms with Gasteiger partial charge in [0.05, 0.1) is 18.2 Å². The molecule has 1 atom stereocenters. The van der Waals surface area contributed by atoms with E-state index in [-0.39, 0.29) is 0 Å². The van der Waals surface area contributed by atoms with Gasteiger partial charge in [-0.15, -0.1) is 0 Å². The minimum absolute atomic E-state index is 0.504. The van der Waals surface area contributed by atoms with Gasteiger partial charge in [0.25, 0.3) is 0 Å². The summed E-state index contributed by atoms with van der Waals surface area (Å²) in [5, 5.41) is 3.33. The van der Waals surface area contributed by atoms with E-state index in [1.54, 1.807) is 0 Å². The molecule has 0 amide bonds. The summed E-state index contributed by atoms with van der Waals surface area (Å²) in [5.74, 6) is 0.504. The van der Waals surface area contributed by atoms with Gasteiger partial charge < -0.3 is 10.1 Å². The van der Waals surface area contributed by atoms with Gasteiger partial charge in [0.1, 0.15) is 0 Å². The molecule has 0 aromatic carbocycles. The van der Waals surface area contributed by atoms with Gasteiger partial charge in [-0.1, -0.05) is 26.1 Å². The first-order valence-corrected chi connectivity index (χ1v) is 6.22. The molecule has 0 aliphatic carbocycles. The molecule has 1 unspecified atom stereocenters. The largest absolute Gasteiger partial charge is 0.379 e. The number of nitrogens with one attached hydrogen (secondary N) is 1. The van der Waals surface area contributed by atoms with Crippen molar-refractivity contribution in [1.82, 2.24) is 10.2 Å². The van der Waals surface area contributed by atoms with E-state index in [9.17, 15) is 0 Å². The Bertz CT molecular complexity index is 193. The molecule has 1 rings (SSSR count). The average molecular weight is 230 g/mol. The highest BCUT2D eigenvalue weighted by Gasteiger charge is 2.10. The molecule has 0 aromatic rings. The molecule has 1 aliphatic rings. The summed E-state index contributed by atoms with van der Waals surface area (Å²) in [7, 11) is 0. The predicted octanol–water partition coefficient (Wildman–Crippen LogP) is 1.28. The molecule has 1 heterocycles. The summed E-state index contributed by atoms with van der Waals surface area (Å²) in [4.78, 5) is 3.42. The average Bonchev–Trinajstić information content (AvgIpc) is 2.29. The molecule has 1 aliphatic heterocycles. The van der Waals surface area contributed by atoms with Gasteiger partial charge in [-0.05, 0) is 6.42 Å². The Balaban J connectivity index is 2.07. The minimum atomic E-state index is 0.504. The first-order valence-electron chi connectivity index (χ1n) is 5.82. The Morgan fingerprint density at radius 1 is 1.47 bits per heavy atom. The number of thiocarbonyl (C=S) groups is 1. The van der Waals surface area contributed by atoms with E-state index in [1.807, 2.05) is 0 Å². The molecule has 15 heavy (non-hydrogen) atoms. The lowest BCUT2D eigenvalue weighted by Crippen LogP contribution is -2.41. The van der Waals surface area contributed by atoms with E-state index in [0.717, 1.165) is 50.8 Å². The van der Waals surface area contributed by atoms with Crippen LogP contribution in [0.5, 0.6) is 0 Å². The first kappa shape index (κ1) is 12.9. The first-order chi connectivity index (χ1) is 7.24. The maximum absolute atomic E-state index is 5.29. The maximum atomic E-state index is 5.29. The molecule has 1 saturated heterocycles. The van der Waals surface area contributed by atoms with E-state index in [1.165, 1.54) is 0 Å². The highest BCUT2D eigenvalue weighted by molar-refractivity contribution is 7.80. The van der Waals surface area contributed by atoms with Gasteiger partial charge in [-0.2, -0.15) is 0 Å². The van der Waals surface area contributed by atoms with Gasteiger partial charge >= 0.3 is 0 Å². The molecule has 0 saturated carbocycles. The van der Waals surface area contributed by atoms with Crippen LogP contribution in [0.15, 0.2) is 0 Å². The molecule has 88 valence electrons. The Kier molecular flexibility index (Phi) is 6.13. The Morgan fingerprint density at radius 3 is 2.73 bits per heavy atom. The lowest BCUT2D eigenvalue weighted by molar-refractivity contribution is 0.0389. The fraction of sp³-hybridized carbons (Fsp3) is 0.909. The van der Waals surface area contributed by atoms with Crippen molar-refractivity contribution in [2.24, 2.45) is 5.92 Å². The number of rotatable bonds is 5. The number of ether oxygens (including phenoxy) is 1. The summed E-state index contributed by atoms with van der Waals surface area (Å²) >= 11 is 5.29. The molecule has 4 heteroatoms. The smallest absolute Gasteiger partial charge is 0.0782 e. The van der Waals surface area contributed by atoms with Crippen molar-refractivity contribution in [1.29, 1.82) is 0 Å². The van der Waals surface area contributed by atoms with Crippen LogP contribution in [0.4, 0.5) is 0 Å². The van der Waals surface area contributed by atoms with Crippen molar-refractivity contribution in [2.45, 2.75) is 20.3 Å². The maximum Gasteiger partial charge on any atom is 0.0782 e. The Morgan fingerprint density at radius 2 is 2.13 bits per heavy atom. The SMILES string of the molecule is CCC(C)C(=S)NCCN1CCOCC1. The Labute approximate surface area is 98.2 Å². The fourth-order valence-electron chi connectivity index (χ4n) is 1.52. The molecule has 1 fully saturated rings. The van der Waals surface area contributed by atoms with Gasteiger partial charge in [0.2, 0.25) is 0 Å². The highest BCUT2D eigenvalue weighted by Crippen LogP contribution is 2.01. The highest BCUT2D eigenvalue weighted by atomic mass is 32.1. The quantitative estimate of drug-likeness (QED) is 0.719. The van der Waals surface area contributed by atoms with Crippen LogP contribution in [0.3, 0.4) is 0 Å². The van der Waals surface area contributed by atoms with Crippen LogP contribution < -0.4 is 5.32 Å². The minimum Gasteiger partial charge on any atom is -0.379 e. The second-order valence-electron chi connectivity index (χ2n) is 4.05. The van der Waals surface area contributed by atoms with E-state index < -0.39 is 0 Å². The van der Waals surface area contributed by atoms with Crippen LogP contribution >= 0.6 is 12.2 Å². The molecule has 3 nitrogen and oxygen atoms in total. The van der Waals surface area contributed by atoms with Crippen LogP contribution in [-0.2, 0) is 4.74 Å².